The Morgan fingerprint density at radius 2 is 2.11 bits per heavy atom. The second-order valence-corrected chi connectivity index (χ2v) is 6.95. The lowest BCUT2D eigenvalue weighted by Gasteiger charge is -2.10. The fourth-order valence-electron chi connectivity index (χ4n) is 2.28. The van der Waals surface area contributed by atoms with Crippen LogP contribution in [-0.2, 0) is 14.3 Å². The molecule has 0 saturated carbocycles. The normalized spacial score (nSPS) is 11.5. The second-order valence-electron chi connectivity index (χ2n) is 6.01. The van der Waals surface area contributed by atoms with Gasteiger partial charge in [-0.2, -0.15) is 5.26 Å². The van der Waals surface area contributed by atoms with E-state index in [0.29, 0.717) is 5.16 Å². The number of aromatic nitrogens is 2. The highest BCUT2D eigenvalue weighted by Gasteiger charge is 2.21. The number of carbonyl (C=O) groups is 2. The van der Waals surface area contributed by atoms with Crippen molar-refractivity contribution >= 4 is 29.2 Å². The van der Waals surface area contributed by atoms with Crippen molar-refractivity contribution < 1.29 is 14.3 Å². The smallest absolute Gasteiger partial charge is 0.316 e. The molecule has 1 N–H and O–H groups in total. The van der Waals surface area contributed by atoms with Crippen molar-refractivity contribution in [2.24, 2.45) is 5.92 Å². The molecule has 0 aliphatic carbocycles. The molecule has 0 spiro atoms. The number of ketones is 1. The Morgan fingerprint density at radius 1 is 1.37 bits per heavy atom. The number of carbonyl (C=O) groups excluding carboxylic acids is 2. The molecule has 0 fully saturated rings. The van der Waals surface area contributed by atoms with Gasteiger partial charge in [-0.3, -0.25) is 14.2 Å². The molecule has 1 aromatic carbocycles. The van der Waals surface area contributed by atoms with E-state index in [1.165, 1.54) is 24.2 Å². The van der Waals surface area contributed by atoms with Crippen LogP contribution in [-0.4, -0.2) is 39.4 Å². The van der Waals surface area contributed by atoms with E-state index in [0.717, 1.165) is 11.3 Å². The van der Waals surface area contributed by atoms with Crippen LogP contribution >= 0.6 is 11.8 Å². The summed E-state index contributed by atoms with van der Waals surface area (Å²) < 4.78 is 6.80. The number of hydrogen-bond donors (Lipinski definition) is 1. The van der Waals surface area contributed by atoms with Gasteiger partial charge in [0.25, 0.3) is 0 Å². The van der Waals surface area contributed by atoms with Gasteiger partial charge in [0.2, 0.25) is 0 Å². The molecule has 27 heavy (non-hydrogen) atoms. The molecule has 1 heterocycles. The minimum atomic E-state index is -1.17. The number of nitrogens with zero attached hydrogens (tertiary/aromatic N) is 3. The maximum Gasteiger partial charge on any atom is 0.316 e. The lowest BCUT2D eigenvalue weighted by molar-refractivity contribution is -0.145. The van der Waals surface area contributed by atoms with Gasteiger partial charge < -0.3 is 10.1 Å². The first-order valence-corrected chi connectivity index (χ1v) is 9.18. The third-order valence-corrected chi connectivity index (χ3v) is 4.89. The predicted molar refractivity (Wildman–Crippen MR) is 102 cm³/mol. The van der Waals surface area contributed by atoms with Crippen LogP contribution in [0.5, 0.6) is 0 Å². The predicted octanol–water partition coefficient (Wildman–Crippen LogP) is 2.87. The van der Waals surface area contributed by atoms with Crippen molar-refractivity contribution in [1.82, 2.24) is 9.55 Å². The molecule has 8 heteroatoms. The van der Waals surface area contributed by atoms with Crippen LogP contribution in [0.2, 0.25) is 0 Å². The van der Waals surface area contributed by atoms with Gasteiger partial charge in [-0.25, -0.2) is 4.98 Å². The first-order valence-electron chi connectivity index (χ1n) is 8.20. The number of imidazole rings is 1. The van der Waals surface area contributed by atoms with Gasteiger partial charge in [-0.1, -0.05) is 17.8 Å². The topological polar surface area (TPSA) is 109 Å². The van der Waals surface area contributed by atoms with Crippen LogP contribution in [0.25, 0.3) is 5.69 Å². The molecular weight excluding hydrogens is 364 g/mol. The van der Waals surface area contributed by atoms with Crippen molar-refractivity contribution in [3.63, 3.8) is 0 Å². The summed E-state index contributed by atoms with van der Waals surface area (Å²) in [7, 11) is 0. The number of hydrogen-bond acceptors (Lipinski definition) is 7. The summed E-state index contributed by atoms with van der Waals surface area (Å²) >= 11 is 1.20. The minimum absolute atomic E-state index is 0.0179. The fraction of sp³-hybridized carbons (Fsp3) is 0.316. The number of Topliss-reactive ketones (excluding diaryl/α,β-unsaturated/α-hetero) is 1. The van der Waals surface area contributed by atoms with E-state index >= 15 is 0 Å². The van der Waals surface area contributed by atoms with Gasteiger partial charge in [-0.15, -0.1) is 0 Å². The SMILES string of the molecule is CC(=N)[C@H](C#N)C(=O)COC(=O)CSc1nccn1-c1ccc(C)c(C)c1. The van der Waals surface area contributed by atoms with E-state index in [2.05, 4.69) is 4.98 Å². The number of aryl methyl sites for hydroxylation is 2. The van der Waals surface area contributed by atoms with E-state index < -0.39 is 24.3 Å². The zero-order chi connectivity index (χ0) is 20.0. The molecule has 140 valence electrons. The van der Waals surface area contributed by atoms with Crippen LogP contribution in [0.3, 0.4) is 0 Å². The van der Waals surface area contributed by atoms with E-state index in [4.69, 9.17) is 15.4 Å². The Labute approximate surface area is 161 Å². The Hall–Kier alpha value is -2.92. The summed E-state index contributed by atoms with van der Waals surface area (Å²) in [4.78, 5) is 27.9. The molecular formula is C19H20N4O3S. The molecule has 2 rings (SSSR count). The molecule has 1 aromatic heterocycles. The molecule has 0 saturated heterocycles. The summed E-state index contributed by atoms with van der Waals surface area (Å²) in [6.07, 6.45) is 3.46. The van der Waals surface area contributed by atoms with Crippen molar-refractivity contribution in [3.8, 4) is 11.8 Å². The van der Waals surface area contributed by atoms with Crippen LogP contribution in [0.1, 0.15) is 18.1 Å². The Morgan fingerprint density at radius 3 is 2.74 bits per heavy atom. The first kappa shape index (κ1) is 20.4. The van der Waals surface area contributed by atoms with Crippen LogP contribution < -0.4 is 0 Å². The molecule has 2 aromatic rings. The van der Waals surface area contributed by atoms with Gasteiger partial charge in [0.05, 0.1) is 11.8 Å². The second kappa shape index (κ2) is 9.14. The van der Waals surface area contributed by atoms with E-state index in [1.54, 1.807) is 12.3 Å². The number of thioether (sulfide) groups is 1. The monoisotopic (exact) mass is 384 g/mol. The summed E-state index contributed by atoms with van der Waals surface area (Å²) in [5.74, 6) is -2.37. The van der Waals surface area contributed by atoms with Gasteiger partial charge in [0.1, 0.15) is 5.92 Å². The first-order chi connectivity index (χ1) is 12.8. The minimum Gasteiger partial charge on any atom is -0.457 e. The number of esters is 1. The van der Waals surface area contributed by atoms with Gasteiger partial charge >= 0.3 is 5.97 Å². The molecule has 0 aliphatic heterocycles. The van der Waals surface area contributed by atoms with Gasteiger partial charge in [-0.05, 0) is 44.0 Å². The number of nitriles is 1. The van der Waals surface area contributed by atoms with Crippen molar-refractivity contribution in [2.75, 3.05) is 12.4 Å². The summed E-state index contributed by atoms with van der Waals surface area (Å²) in [6, 6.07) is 7.77. The van der Waals surface area contributed by atoms with E-state index in [1.807, 2.05) is 42.8 Å². The highest BCUT2D eigenvalue weighted by Crippen LogP contribution is 2.22. The average Bonchev–Trinajstić information content (AvgIpc) is 3.09. The number of ether oxygens (including phenoxy) is 1. The molecule has 1 atom stereocenters. The van der Waals surface area contributed by atoms with E-state index in [-0.39, 0.29) is 11.5 Å². The maximum atomic E-state index is 11.9. The third-order valence-electron chi connectivity index (χ3n) is 3.95. The third kappa shape index (κ3) is 5.28. The van der Waals surface area contributed by atoms with Crippen LogP contribution in [0.4, 0.5) is 0 Å². The molecule has 0 unspecified atom stereocenters. The highest BCUT2D eigenvalue weighted by molar-refractivity contribution is 7.99. The summed E-state index contributed by atoms with van der Waals surface area (Å²) in [5.41, 5.74) is 3.23. The standard InChI is InChI=1S/C19H20N4O3S/c1-12-4-5-15(8-13(12)2)23-7-6-22-19(23)27-11-18(25)26-10-17(24)16(9-20)14(3)21/h4-8,16,21H,10-11H2,1-3H3/t16-/m0/s1. The van der Waals surface area contributed by atoms with Crippen molar-refractivity contribution in [3.05, 3.63) is 41.7 Å². The molecule has 7 nitrogen and oxygen atoms in total. The van der Waals surface area contributed by atoms with E-state index in [9.17, 15) is 9.59 Å². The van der Waals surface area contributed by atoms with Crippen LogP contribution in [0, 0.1) is 36.5 Å². The number of benzene rings is 1. The zero-order valence-electron chi connectivity index (χ0n) is 15.4. The summed E-state index contributed by atoms with van der Waals surface area (Å²) in [6.45, 7) is 4.92. The molecule has 0 amide bonds. The van der Waals surface area contributed by atoms with Gasteiger partial charge in [0.15, 0.2) is 17.5 Å². The van der Waals surface area contributed by atoms with Gasteiger partial charge in [0, 0.05) is 23.8 Å². The molecule has 0 aliphatic rings. The zero-order valence-corrected chi connectivity index (χ0v) is 16.2. The molecule has 0 radical (unpaired) electrons. The maximum absolute atomic E-state index is 11.9. The van der Waals surface area contributed by atoms with Crippen LogP contribution in [0.15, 0.2) is 35.7 Å². The number of nitrogens with one attached hydrogen (secondary N) is 1. The molecule has 0 bridgehead atoms. The largest absolute Gasteiger partial charge is 0.457 e. The Balaban J connectivity index is 1.94. The lowest BCUT2D eigenvalue weighted by atomic mass is 10.0. The summed E-state index contributed by atoms with van der Waals surface area (Å²) in [5, 5.41) is 16.9. The van der Waals surface area contributed by atoms with Crippen molar-refractivity contribution in [2.45, 2.75) is 25.9 Å². The lowest BCUT2D eigenvalue weighted by Crippen LogP contribution is -2.26. The Kier molecular flexibility index (Phi) is 6.91. The fourth-order valence-corrected chi connectivity index (χ4v) is 3.05. The quantitative estimate of drug-likeness (QED) is 0.426. The number of rotatable bonds is 8. The van der Waals surface area contributed by atoms with Crippen molar-refractivity contribution in [1.29, 1.82) is 10.7 Å². The Bertz CT molecular complexity index is 914. The average molecular weight is 384 g/mol. The highest BCUT2D eigenvalue weighted by atomic mass is 32.2.